The van der Waals surface area contributed by atoms with Crippen molar-refractivity contribution in [2.75, 3.05) is 16.6 Å². The molecule has 0 bridgehead atoms. The van der Waals surface area contributed by atoms with E-state index >= 15 is 0 Å². The van der Waals surface area contributed by atoms with Gasteiger partial charge in [-0.05, 0) is 86.0 Å². The van der Waals surface area contributed by atoms with Gasteiger partial charge in [-0.15, -0.1) is 0 Å². The van der Waals surface area contributed by atoms with E-state index in [-0.39, 0.29) is 16.3 Å². The molecule has 1 amide bonds. The van der Waals surface area contributed by atoms with Gasteiger partial charge >= 0.3 is 6.18 Å². The van der Waals surface area contributed by atoms with Gasteiger partial charge in [0.25, 0.3) is 15.9 Å². The molecule has 0 spiro atoms. The van der Waals surface area contributed by atoms with Crippen molar-refractivity contribution in [1.82, 2.24) is 0 Å². The van der Waals surface area contributed by atoms with E-state index in [1.54, 1.807) is 25.1 Å². The fourth-order valence-electron chi connectivity index (χ4n) is 3.13. The highest BCUT2D eigenvalue weighted by atomic mass is 32.2. The topological polar surface area (TPSA) is 84.5 Å². The molecule has 35 heavy (non-hydrogen) atoms. The van der Waals surface area contributed by atoms with Crippen LogP contribution in [0.5, 0.6) is 5.75 Å². The summed E-state index contributed by atoms with van der Waals surface area (Å²) in [6.07, 6.45) is -4.91. The molecule has 0 atom stereocenters. The molecular formula is C24H22F4N2O4S. The summed E-state index contributed by atoms with van der Waals surface area (Å²) >= 11 is 0. The van der Waals surface area contributed by atoms with Crippen molar-refractivity contribution < 1.29 is 35.5 Å². The first-order valence-electron chi connectivity index (χ1n) is 10.3. The minimum absolute atomic E-state index is 0.0176. The van der Waals surface area contributed by atoms with Gasteiger partial charge < -0.3 is 10.1 Å². The van der Waals surface area contributed by atoms with Crippen LogP contribution in [0, 0.1) is 26.6 Å². The Morgan fingerprint density at radius 3 is 2.20 bits per heavy atom. The zero-order valence-electron chi connectivity index (χ0n) is 19.0. The number of benzene rings is 3. The van der Waals surface area contributed by atoms with E-state index in [0.29, 0.717) is 23.4 Å². The van der Waals surface area contributed by atoms with Crippen LogP contribution >= 0.6 is 0 Å². The zero-order valence-corrected chi connectivity index (χ0v) is 19.8. The van der Waals surface area contributed by atoms with E-state index in [0.717, 1.165) is 17.2 Å². The summed E-state index contributed by atoms with van der Waals surface area (Å²) in [6, 6.07) is 11.3. The SMILES string of the molecule is Cc1ccc(NS(=O)(=O)c2ccc(OCC(=O)Nc3ccc(F)c(C(F)(F)F)c3)c(C)c2)cc1C. The molecule has 0 fully saturated rings. The number of aryl methyl sites for hydroxylation is 3. The highest BCUT2D eigenvalue weighted by Crippen LogP contribution is 2.33. The Labute approximate surface area is 200 Å². The van der Waals surface area contributed by atoms with Crippen LogP contribution in [-0.2, 0) is 21.0 Å². The van der Waals surface area contributed by atoms with E-state index in [1.807, 2.05) is 13.8 Å². The van der Waals surface area contributed by atoms with Gasteiger partial charge in [-0.2, -0.15) is 13.2 Å². The Morgan fingerprint density at radius 1 is 0.886 bits per heavy atom. The third kappa shape index (κ3) is 6.50. The normalized spacial score (nSPS) is 11.7. The number of alkyl halides is 3. The van der Waals surface area contributed by atoms with Gasteiger partial charge in [0.05, 0.1) is 10.5 Å². The summed E-state index contributed by atoms with van der Waals surface area (Å²) in [4.78, 5) is 12.1. The van der Waals surface area contributed by atoms with Crippen molar-refractivity contribution in [3.8, 4) is 5.75 Å². The van der Waals surface area contributed by atoms with Crippen molar-refractivity contribution in [2.45, 2.75) is 31.8 Å². The highest BCUT2D eigenvalue weighted by Gasteiger charge is 2.34. The molecule has 2 N–H and O–H groups in total. The molecule has 0 radical (unpaired) electrons. The first-order chi connectivity index (χ1) is 16.3. The number of hydrogen-bond acceptors (Lipinski definition) is 4. The largest absolute Gasteiger partial charge is 0.483 e. The molecule has 0 aliphatic heterocycles. The molecule has 0 aromatic heterocycles. The van der Waals surface area contributed by atoms with Gasteiger partial charge in [0.1, 0.15) is 11.6 Å². The van der Waals surface area contributed by atoms with Gasteiger partial charge in [-0.1, -0.05) is 6.07 Å². The quantitative estimate of drug-likeness (QED) is 0.406. The number of carbonyl (C=O) groups is 1. The summed E-state index contributed by atoms with van der Waals surface area (Å²) in [7, 11) is -3.88. The van der Waals surface area contributed by atoms with Crippen LogP contribution in [0.1, 0.15) is 22.3 Å². The average Bonchev–Trinajstić information content (AvgIpc) is 2.75. The second kappa shape index (κ2) is 9.95. The lowest BCUT2D eigenvalue weighted by molar-refractivity contribution is -0.140. The fraction of sp³-hybridized carbons (Fsp3) is 0.208. The lowest BCUT2D eigenvalue weighted by atomic mass is 10.1. The number of carbonyl (C=O) groups excluding carboxylic acids is 1. The minimum Gasteiger partial charge on any atom is -0.483 e. The molecule has 3 aromatic rings. The van der Waals surface area contributed by atoms with Crippen molar-refractivity contribution in [3.05, 3.63) is 82.7 Å². The van der Waals surface area contributed by atoms with Gasteiger partial charge in [0.15, 0.2) is 6.61 Å². The van der Waals surface area contributed by atoms with E-state index < -0.39 is 40.1 Å². The maximum Gasteiger partial charge on any atom is 0.419 e. The number of rotatable bonds is 7. The van der Waals surface area contributed by atoms with Crippen LogP contribution in [0.15, 0.2) is 59.5 Å². The van der Waals surface area contributed by atoms with Crippen LogP contribution in [0.25, 0.3) is 0 Å². The average molecular weight is 511 g/mol. The van der Waals surface area contributed by atoms with Crippen LogP contribution < -0.4 is 14.8 Å². The molecule has 3 aromatic carbocycles. The minimum atomic E-state index is -4.91. The number of halogens is 4. The van der Waals surface area contributed by atoms with E-state index in [1.165, 1.54) is 18.2 Å². The third-order valence-corrected chi connectivity index (χ3v) is 6.51. The second-order valence-electron chi connectivity index (χ2n) is 7.86. The van der Waals surface area contributed by atoms with E-state index in [4.69, 9.17) is 4.74 Å². The second-order valence-corrected chi connectivity index (χ2v) is 9.54. The van der Waals surface area contributed by atoms with Crippen LogP contribution in [0.4, 0.5) is 28.9 Å². The molecule has 0 aliphatic carbocycles. The summed E-state index contributed by atoms with van der Waals surface area (Å²) in [5.41, 5.74) is 1.04. The van der Waals surface area contributed by atoms with Crippen molar-refractivity contribution in [1.29, 1.82) is 0 Å². The standard InChI is InChI=1S/C24H22F4N2O4S/c1-14-4-5-18(10-15(14)2)30-35(32,33)19-7-9-22(16(3)11-19)34-13-23(31)29-17-6-8-21(25)20(12-17)24(26,27)28/h4-12,30H,13H2,1-3H3,(H,29,31). The Kier molecular flexibility index (Phi) is 7.39. The number of nitrogens with one attached hydrogen (secondary N) is 2. The number of hydrogen-bond donors (Lipinski definition) is 2. The van der Waals surface area contributed by atoms with Gasteiger partial charge in [0, 0.05) is 11.4 Å². The molecule has 0 unspecified atom stereocenters. The number of sulfonamides is 1. The predicted molar refractivity (Wildman–Crippen MR) is 123 cm³/mol. The summed E-state index contributed by atoms with van der Waals surface area (Å²) in [6.45, 7) is 4.80. The summed E-state index contributed by atoms with van der Waals surface area (Å²) < 4.78 is 85.2. The Morgan fingerprint density at radius 2 is 1.57 bits per heavy atom. The number of anilines is 2. The molecule has 0 aliphatic rings. The highest BCUT2D eigenvalue weighted by molar-refractivity contribution is 7.92. The zero-order chi connectivity index (χ0) is 26.0. The lowest BCUT2D eigenvalue weighted by Crippen LogP contribution is -2.21. The maximum atomic E-state index is 13.4. The third-order valence-electron chi connectivity index (χ3n) is 5.13. The van der Waals surface area contributed by atoms with Crippen molar-refractivity contribution in [3.63, 3.8) is 0 Å². The maximum absolute atomic E-state index is 13.4. The van der Waals surface area contributed by atoms with Gasteiger partial charge in [0.2, 0.25) is 0 Å². The Hall–Kier alpha value is -3.60. The van der Waals surface area contributed by atoms with Crippen LogP contribution in [0.3, 0.4) is 0 Å². The lowest BCUT2D eigenvalue weighted by Gasteiger charge is -2.14. The van der Waals surface area contributed by atoms with E-state index in [2.05, 4.69) is 10.0 Å². The molecule has 186 valence electrons. The summed E-state index contributed by atoms with van der Waals surface area (Å²) in [5.74, 6) is -2.03. The molecular weight excluding hydrogens is 488 g/mol. The molecule has 0 saturated heterocycles. The smallest absolute Gasteiger partial charge is 0.419 e. The fourth-order valence-corrected chi connectivity index (χ4v) is 4.26. The molecule has 3 rings (SSSR count). The Bertz CT molecular complexity index is 1370. The number of amides is 1. The summed E-state index contributed by atoms with van der Waals surface area (Å²) in [5, 5.41) is 2.21. The van der Waals surface area contributed by atoms with Crippen molar-refractivity contribution in [2.24, 2.45) is 0 Å². The van der Waals surface area contributed by atoms with Crippen molar-refractivity contribution >= 4 is 27.3 Å². The van der Waals surface area contributed by atoms with Gasteiger partial charge in [-0.3, -0.25) is 9.52 Å². The molecule has 6 nitrogen and oxygen atoms in total. The molecule has 11 heteroatoms. The predicted octanol–water partition coefficient (Wildman–Crippen LogP) is 5.59. The molecule has 0 heterocycles. The molecule has 0 saturated carbocycles. The van der Waals surface area contributed by atoms with Gasteiger partial charge in [-0.25, -0.2) is 12.8 Å². The number of ether oxygens (including phenoxy) is 1. The monoisotopic (exact) mass is 510 g/mol. The van der Waals surface area contributed by atoms with Crippen LogP contribution in [0.2, 0.25) is 0 Å². The van der Waals surface area contributed by atoms with E-state index in [9.17, 15) is 30.8 Å². The Balaban J connectivity index is 1.66. The first kappa shape index (κ1) is 26.0. The van der Waals surface area contributed by atoms with Crippen LogP contribution in [-0.4, -0.2) is 20.9 Å². The first-order valence-corrected chi connectivity index (χ1v) is 11.7.